The highest BCUT2D eigenvalue weighted by Gasteiger charge is 2.28. The second-order valence-electron chi connectivity index (χ2n) is 7.97. The van der Waals surface area contributed by atoms with Crippen LogP contribution in [0.4, 0.5) is 8.78 Å². The number of aryl methyl sites for hydroxylation is 1. The fraction of sp³-hybridized carbons (Fsp3) is 0.280. The lowest BCUT2D eigenvalue weighted by Gasteiger charge is -2.34. The fourth-order valence-corrected chi connectivity index (χ4v) is 4.03. The Morgan fingerprint density at radius 3 is 2.59 bits per heavy atom. The zero-order chi connectivity index (χ0) is 22.8. The Kier molecular flexibility index (Phi) is 6.08. The Morgan fingerprint density at radius 1 is 1.19 bits per heavy atom. The predicted octanol–water partition coefficient (Wildman–Crippen LogP) is 5.23. The minimum atomic E-state index is -0.448. The molecule has 4 rings (SSSR count). The van der Waals surface area contributed by atoms with Crippen LogP contribution < -0.4 is 4.74 Å². The zero-order valence-corrected chi connectivity index (χ0v) is 18.3. The number of piperidine rings is 1. The minimum Gasteiger partial charge on any atom is -0.495 e. The molecule has 2 aromatic carbocycles. The topological polar surface area (TPSA) is 47.4 Å². The number of carbonyl (C=O) groups is 1. The molecule has 1 aromatic heterocycles. The highest BCUT2D eigenvalue weighted by Crippen LogP contribution is 2.32. The van der Waals surface area contributed by atoms with E-state index < -0.39 is 5.82 Å². The van der Waals surface area contributed by atoms with Crippen molar-refractivity contribution in [2.75, 3.05) is 13.7 Å². The van der Waals surface area contributed by atoms with Gasteiger partial charge in [0.25, 0.3) is 0 Å². The standard InChI is InChI=1S/C25H25F2N3O2/c1-16-14-29(15-28-16)23-13-22(27)20(12-24(23)32-3)11-19-5-4-10-30(25(19)31)17(2)18-6-8-21(26)9-7-18/h6-9,11-15,17H,4-5,10H2,1-3H3/b19-11+/t17-/m0/s1. The largest absolute Gasteiger partial charge is 0.495 e. The third-order valence-electron chi connectivity index (χ3n) is 5.82. The number of benzene rings is 2. The van der Waals surface area contributed by atoms with E-state index in [0.717, 1.165) is 17.7 Å². The average molecular weight is 437 g/mol. The number of amides is 1. The van der Waals surface area contributed by atoms with Crippen LogP contribution in [-0.2, 0) is 4.79 Å². The van der Waals surface area contributed by atoms with E-state index in [4.69, 9.17) is 4.74 Å². The van der Waals surface area contributed by atoms with Gasteiger partial charge in [0.15, 0.2) is 0 Å². The maximum atomic E-state index is 15.0. The van der Waals surface area contributed by atoms with Crippen LogP contribution in [0, 0.1) is 18.6 Å². The number of carbonyl (C=O) groups excluding carboxylic acids is 1. The summed E-state index contributed by atoms with van der Waals surface area (Å²) in [4.78, 5) is 19.1. The number of nitrogens with zero attached hydrogens (tertiary/aromatic N) is 3. The molecule has 0 bridgehead atoms. The molecule has 0 radical (unpaired) electrons. The maximum Gasteiger partial charge on any atom is 0.250 e. The molecule has 1 fully saturated rings. The molecule has 1 amide bonds. The zero-order valence-electron chi connectivity index (χ0n) is 18.3. The molecule has 166 valence electrons. The van der Waals surface area contributed by atoms with Crippen molar-refractivity contribution in [3.8, 4) is 11.4 Å². The molecule has 5 nitrogen and oxygen atoms in total. The van der Waals surface area contributed by atoms with E-state index >= 15 is 4.39 Å². The van der Waals surface area contributed by atoms with Gasteiger partial charge in [-0.25, -0.2) is 13.8 Å². The second-order valence-corrected chi connectivity index (χ2v) is 7.97. The molecule has 1 aliphatic rings. The van der Waals surface area contributed by atoms with Gasteiger partial charge in [0.05, 0.1) is 30.9 Å². The molecule has 1 atom stereocenters. The van der Waals surface area contributed by atoms with Crippen LogP contribution in [0.25, 0.3) is 11.8 Å². The smallest absolute Gasteiger partial charge is 0.250 e. The van der Waals surface area contributed by atoms with Crippen molar-refractivity contribution in [2.45, 2.75) is 32.7 Å². The van der Waals surface area contributed by atoms with Gasteiger partial charge in [-0.15, -0.1) is 0 Å². The molecule has 1 saturated heterocycles. The van der Waals surface area contributed by atoms with Crippen LogP contribution in [0.1, 0.15) is 42.6 Å². The first kappa shape index (κ1) is 21.7. The van der Waals surface area contributed by atoms with Gasteiger partial charge in [-0.1, -0.05) is 12.1 Å². The molecule has 1 aliphatic heterocycles. The molecule has 0 aliphatic carbocycles. The molecule has 0 saturated carbocycles. The summed E-state index contributed by atoms with van der Waals surface area (Å²) in [6.07, 6.45) is 6.33. The summed E-state index contributed by atoms with van der Waals surface area (Å²) < 4.78 is 35.5. The van der Waals surface area contributed by atoms with Gasteiger partial charge in [0.1, 0.15) is 17.4 Å². The van der Waals surface area contributed by atoms with Gasteiger partial charge < -0.3 is 14.2 Å². The Hall–Kier alpha value is -3.48. The highest BCUT2D eigenvalue weighted by molar-refractivity contribution is 5.98. The van der Waals surface area contributed by atoms with Gasteiger partial charge in [0, 0.05) is 29.9 Å². The number of methoxy groups -OCH3 is 1. The number of likely N-dealkylation sites (tertiary alicyclic amines) is 1. The summed E-state index contributed by atoms with van der Waals surface area (Å²) in [7, 11) is 1.52. The number of aromatic nitrogens is 2. The average Bonchev–Trinajstić information content (AvgIpc) is 3.22. The molecule has 0 unspecified atom stereocenters. The summed E-state index contributed by atoms with van der Waals surface area (Å²) in [5.74, 6) is -0.419. The molecule has 2 heterocycles. The molecule has 0 spiro atoms. The van der Waals surface area contributed by atoms with Gasteiger partial charge in [0.2, 0.25) is 5.91 Å². The number of hydrogen-bond acceptors (Lipinski definition) is 3. The quantitative estimate of drug-likeness (QED) is 0.513. The Balaban J connectivity index is 1.64. The van der Waals surface area contributed by atoms with E-state index in [-0.39, 0.29) is 17.8 Å². The van der Waals surface area contributed by atoms with Gasteiger partial charge >= 0.3 is 0 Å². The fourth-order valence-electron chi connectivity index (χ4n) is 4.03. The molecule has 3 aromatic rings. The van der Waals surface area contributed by atoms with Crippen molar-refractivity contribution in [1.82, 2.24) is 14.5 Å². The van der Waals surface area contributed by atoms with Crippen molar-refractivity contribution in [3.05, 3.63) is 83.0 Å². The summed E-state index contributed by atoms with van der Waals surface area (Å²) in [6, 6.07) is 8.93. The van der Waals surface area contributed by atoms with Crippen LogP contribution in [0.15, 0.2) is 54.5 Å². The first-order valence-corrected chi connectivity index (χ1v) is 10.5. The van der Waals surface area contributed by atoms with Crippen LogP contribution >= 0.6 is 0 Å². The van der Waals surface area contributed by atoms with Gasteiger partial charge in [-0.3, -0.25) is 4.79 Å². The SMILES string of the molecule is COc1cc(/C=C2\CCCN([C@@H](C)c3ccc(F)cc3)C2=O)c(F)cc1-n1cnc(C)c1. The number of imidazole rings is 1. The van der Waals surface area contributed by atoms with E-state index in [1.165, 1.54) is 25.3 Å². The Morgan fingerprint density at radius 2 is 1.94 bits per heavy atom. The Bertz CT molecular complexity index is 1170. The summed E-state index contributed by atoms with van der Waals surface area (Å²) in [5.41, 5.74) is 3.03. The van der Waals surface area contributed by atoms with Crippen molar-refractivity contribution in [3.63, 3.8) is 0 Å². The second kappa shape index (κ2) is 8.94. The van der Waals surface area contributed by atoms with Crippen LogP contribution in [0.5, 0.6) is 5.75 Å². The lowest BCUT2D eigenvalue weighted by atomic mass is 9.97. The van der Waals surface area contributed by atoms with Crippen LogP contribution in [0.3, 0.4) is 0 Å². The molecular weight excluding hydrogens is 412 g/mol. The maximum absolute atomic E-state index is 15.0. The first-order chi connectivity index (χ1) is 15.4. The number of halogens is 2. The molecule has 0 N–H and O–H groups in total. The number of hydrogen-bond donors (Lipinski definition) is 0. The van der Waals surface area contributed by atoms with Crippen LogP contribution in [0.2, 0.25) is 0 Å². The Labute approximate surface area is 186 Å². The van der Waals surface area contributed by atoms with E-state index in [1.807, 2.05) is 13.8 Å². The van der Waals surface area contributed by atoms with Crippen molar-refractivity contribution in [2.24, 2.45) is 0 Å². The number of rotatable bonds is 5. The van der Waals surface area contributed by atoms with E-state index in [2.05, 4.69) is 4.98 Å². The summed E-state index contributed by atoms with van der Waals surface area (Å²) >= 11 is 0. The summed E-state index contributed by atoms with van der Waals surface area (Å²) in [5, 5.41) is 0. The monoisotopic (exact) mass is 437 g/mol. The molecule has 32 heavy (non-hydrogen) atoms. The van der Waals surface area contributed by atoms with E-state index in [1.54, 1.807) is 46.3 Å². The van der Waals surface area contributed by atoms with Crippen LogP contribution in [-0.4, -0.2) is 34.0 Å². The van der Waals surface area contributed by atoms with Crippen molar-refractivity contribution < 1.29 is 18.3 Å². The normalized spacial score (nSPS) is 16.5. The third-order valence-corrected chi connectivity index (χ3v) is 5.82. The van der Waals surface area contributed by atoms with E-state index in [9.17, 15) is 9.18 Å². The van der Waals surface area contributed by atoms with Crippen molar-refractivity contribution >= 4 is 12.0 Å². The van der Waals surface area contributed by atoms with Gasteiger partial charge in [-0.2, -0.15) is 0 Å². The molecule has 7 heteroatoms. The summed E-state index contributed by atoms with van der Waals surface area (Å²) in [6.45, 7) is 4.37. The molecular formula is C25H25F2N3O2. The minimum absolute atomic E-state index is 0.138. The predicted molar refractivity (Wildman–Crippen MR) is 119 cm³/mol. The van der Waals surface area contributed by atoms with Gasteiger partial charge in [-0.05, 0) is 56.5 Å². The highest BCUT2D eigenvalue weighted by atomic mass is 19.1. The van der Waals surface area contributed by atoms with Crippen molar-refractivity contribution in [1.29, 1.82) is 0 Å². The number of ether oxygens (including phenoxy) is 1. The third kappa shape index (κ3) is 4.28. The lowest BCUT2D eigenvalue weighted by molar-refractivity contribution is -0.130. The lowest BCUT2D eigenvalue weighted by Crippen LogP contribution is -2.38. The van der Waals surface area contributed by atoms with E-state index in [0.29, 0.717) is 35.5 Å². The first-order valence-electron chi connectivity index (χ1n) is 10.5.